The van der Waals surface area contributed by atoms with Crippen molar-refractivity contribution in [1.29, 1.82) is 0 Å². The highest BCUT2D eigenvalue weighted by Gasteiger charge is 2.40. The summed E-state index contributed by atoms with van der Waals surface area (Å²) < 4.78 is 15.5. The monoisotopic (exact) mass is 331 g/mol. The fourth-order valence-corrected chi connectivity index (χ4v) is 3.41. The molecule has 3 atom stereocenters. The van der Waals surface area contributed by atoms with E-state index in [0.29, 0.717) is 23.1 Å². The van der Waals surface area contributed by atoms with Gasteiger partial charge in [-0.05, 0) is 36.8 Å². The lowest BCUT2D eigenvalue weighted by atomic mass is 9.94. The van der Waals surface area contributed by atoms with Crippen LogP contribution in [0.5, 0.6) is 11.5 Å². The highest BCUT2D eigenvalue weighted by molar-refractivity contribution is 5.93. The maximum Gasteiger partial charge on any atom is 0.310 e. The number of benzene rings is 1. The van der Waals surface area contributed by atoms with Crippen LogP contribution in [0.2, 0.25) is 0 Å². The molecule has 1 amide bonds. The van der Waals surface area contributed by atoms with Crippen molar-refractivity contribution in [3.05, 3.63) is 30.4 Å². The van der Waals surface area contributed by atoms with Crippen LogP contribution in [0.4, 0.5) is 5.69 Å². The van der Waals surface area contributed by atoms with Crippen molar-refractivity contribution < 1.29 is 23.8 Å². The fourth-order valence-electron chi connectivity index (χ4n) is 3.41. The van der Waals surface area contributed by atoms with Crippen molar-refractivity contribution in [2.24, 2.45) is 17.8 Å². The van der Waals surface area contributed by atoms with Crippen LogP contribution in [-0.2, 0) is 14.3 Å². The number of amides is 1. The molecular formula is C18H21NO5. The Hall–Kier alpha value is -2.50. The predicted octanol–water partition coefficient (Wildman–Crippen LogP) is 2.40. The summed E-state index contributed by atoms with van der Waals surface area (Å²) in [5.41, 5.74) is 0.552. The Balaban J connectivity index is 1.51. The first-order valence-electron chi connectivity index (χ1n) is 7.97. The van der Waals surface area contributed by atoms with Crippen LogP contribution in [0.1, 0.15) is 12.8 Å². The van der Waals surface area contributed by atoms with Gasteiger partial charge in [0.25, 0.3) is 5.91 Å². The molecule has 0 radical (unpaired) electrons. The Morgan fingerprint density at radius 3 is 2.54 bits per heavy atom. The van der Waals surface area contributed by atoms with E-state index in [2.05, 4.69) is 17.5 Å². The number of allylic oxidation sites excluding steroid dienone is 2. The highest BCUT2D eigenvalue weighted by atomic mass is 16.5. The van der Waals surface area contributed by atoms with Crippen LogP contribution in [-0.4, -0.2) is 32.7 Å². The van der Waals surface area contributed by atoms with Gasteiger partial charge >= 0.3 is 5.97 Å². The van der Waals surface area contributed by atoms with E-state index in [1.54, 1.807) is 25.3 Å². The zero-order valence-electron chi connectivity index (χ0n) is 13.8. The third kappa shape index (κ3) is 3.37. The Labute approximate surface area is 140 Å². The number of rotatable bonds is 6. The minimum absolute atomic E-state index is 0.103. The topological polar surface area (TPSA) is 73.9 Å². The quantitative estimate of drug-likeness (QED) is 0.640. The second kappa shape index (κ2) is 6.95. The standard InChI is InChI=1S/C18H21NO5/c1-22-15-6-5-13(9-16(15)23-2)19-17(20)10-24-18(21)14-8-11-3-4-12(14)7-11/h3-6,9,11-12,14H,7-8,10H2,1-2H3,(H,19,20). The molecule has 1 aromatic carbocycles. The molecule has 2 aliphatic carbocycles. The van der Waals surface area contributed by atoms with Gasteiger partial charge in [-0.1, -0.05) is 12.2 Å². The summed E-state index contributed by atoms with van der Waals surface area (Å²) in [4.78, 5) is 24.1. The number of carbonyl (C=O) groups excluding carboxylic acids is 2. The van der Waals surface area contributed by atoms with Crippen LogP contribution in [0.15, 0.2) is 30.4 Å². The van der Waals surface area contributed by atoms with Gasteiger partial charge in [0.2, 0.25) is 0 Å². The number of hydrogen-bond acceptors (Lipinski definition) is 5. The molecule has 1 N–H and O–H groups in total. The lowest BCUT2D eigenvalue weighted by Crippen LogP contribution is -2.26. The molecule has 3 rings (SSSR count). The summed E-state index contributed by atoms with van der Waals surface area (Å²) in [6, 6.07) is 5.04. The van der Waals surface area contributed by atoms with Crippen molar-refractivity contribution in [2.45, 2.75) is 12.8 Å². The zero-order valence-corrected chi connectivity index (χ0v) is 13.8. The number of nitrogens with one attached hydrogen (secondary N) is 1. The third-order valence-corrected chi connectivity index (χ3v) is 4.59. The number of ether oxygens (including phenoxy) is 3. The van der Waals surface area contributed by atoms with Crippen LogP contribution < -0.4 is 14.8 Å². The lowest BCUT2D eigenvalue weighted by Gasteiger charge is -2.16. The maximum absolute atomic E-state index is 12.1. The number of anilines is 1. The Morgan fingerprint density at radius 2 is 1.92 bits per heavy atom. The molecule has 0 aromatic heterocycles. The smallest absolute Gasteiger partial charge is 0.310 e. The van der Waals surface area contributed by atoms with Crippen LogP contribution in [0, 0.1) is 17.8 Å². The van der Waals surface area contributed by atoms with Gasteiger partial charge in [-0.25, -0.2) is 0 Å². The minimum Gasteiger partial charge on any atom is -0.493 e. The van der Waals surface area contributed by atoms with E-state index in [1.165, 1.54) is 7.11 Å². The number of methoxy groups -OCH3 is 2. The van der Waals surface area contributed by atoms with Gasteiger partial charge in [0.05, 0.1) is 20.1 Å². The summed E-state index contributed by atoms with van der Waals surface area (Å²) >= 11 is 0. The normalized spacial score (nSPS) is 23.8. The summed E-state index contributed by atoms with van der Waals surface area (Å²) in [7, 11) is 3.06. The van der Waals surface area contributed by atoms with Gasteiger partial charge in [0, 0.05) is 11.8 Å². The zero-order chi connectivity index (χ0) is 17.1. The number of carbonyl (C=O) groups is 2. The first kappa shape index (κ1) is 16.4. The second-order valence-electron chi connectivity index (χ2n) is 6.11. The van der Waals surface area contributed by atoms with Crippen molar-refractivity contribution in [3.8, 4) is 11.5 Å². The molecule has 6 nitrogen and oxygen atoms in total. The molecule has 2 aliphatic rings. The predicted molar refractivity (Wildman–Crippen MR) is 88.0 cm³/mol. The van der Waals surface area contributed by atoms with Crippen LogP contribution in [0.25, 0.3) is 0 Å². The van der Waals surface area contributed by atoms with E-state index in [-0.39, 0.29) is 30.3 Å². The maximum atomic E-state index is 12.1. The molecule has 3 unspecified atom stereocenters. The Kier molecular flexibility index (Phi) is 4.74. The Morgan fingerprint density at radius 1 is 1.12 bits per heavy atom. The molecule has 6 heteroatoms. The van der Waals surface area contributed by atoms with Crippen molar-refractivity contribution in [2.75, 3.05) is 26.1 Å². The second-order valence-corrected chi connectivity index (χ2v) is 6.11. The van der Waals surface area contributed by atoms with Crippen molar-refractivity contribution in [1.82, 2.24) is 0 Å². The van der Waals surface area contributed by atoms with Crippen molar-refractivity contribution in [3.63, 3.8) is 0 Å². The van der Waals surface area contributed by atoms with Gasteiger partial charge in [-0.2, -0.15) is 0 Å². The highest BCUT2D eigenvalue weighted by Crippen LogP contribution is 2.43. The Bertz CT molecular complexity index is 669. The van der Waals surface area contributed by atoms with Crippen LogP contribution >= 0.6 is 0 Å². The van der Waals surface area contributed by atoms with Gasteiger partial charge < -0.3 is 19.5 Å². The largest absolute Gasteiger partial charge is 0.493 e. The van der Waals surface area contributed by atoms with Gasteiger partial charge in [-0.3, -0.25) is 9.59 Å². The van der Waals surface area contributed by atoms with E-state index in [9.17, 15) is 9.59 Å². The molecule has 0 saturated heterocycles. The molecule has 1 aromatic rings. The molecule has 1 fully saturated rings. The van der Waals surface area contributed by atoms with Gasteiger partial charge in [0.1, 0.15) is 0 Å². The average molecular weight is 331 g/mol. The number of esters is 1. The summed E-state index contributed by atoms with van der Waals surface area (Å²) in [6.07, 6.45) is 6.11. The van der Waals surface area contributed by atoms with Crippen molar-refractivity contribution >= 4 is 17.6 Å². The first-order chi connectivity index (χ1) is 11.6. The van der Waals surface area contributed by atoms with Gasteiger partial charge in [0.15, 0.2) is 18.1 Å². The molecule has 128 valence electrons. The number of fused-ring (bicyclic) bond motifs is 2. The van der Waals surface area contributed by atoms with E-state index in [4.69, 9.17) is 14.2 Å². The summed E-state index contributed by atoms with van der Waals surface area (Å²) in [5, 5.41) is 2.68. The molecule has 2 bridgehead atoms. The van der Waals surface area contributed by atoms with E-state index < -0.39 is 0 Å². The molecule has 1 saturated carbocycles. The molecular weight excluding hydrogens is 310 g/mol. The van der Waals surface area contributed by atoms with E-state index >= 15 is 0 Å². The number of hydrogen-bond donors (Lipinski definition) is 1. The average Bonchev–Trinajstić information content (AvgIpc) is 3.22. The van der Waals surface area contributed by atoms with E-state index in [0.717, 1.165) is 12.8 Å². The SMILES string of the molecule is COc1ccc(NC(=O)COC(=O)C2CC3C=CC2C3)cc1OC. The van der Waals surface area contributed by atoms with Gasteiger partial charge in [-0.15, -0.1) is 0 Å². The summed E-state index contributed by atoms with van der Waals surface area (Å²) in [5.74, 6) is 1.09. The molecule has 24 heavy (non-hydrogen) atoms. The van der Waals surface area contributed by atoms with Crippen LogP contribution in [0.3, 0.4) is 0 Å². The first-order valence-corrected chi connectivity index (χ1v) is 7.97. The molecule has 0 aliphatic heterocycles. The third-order valence-electron chi connectivity index (χ3n) is 4.59. The summed E-state index contributed by atoms with van der Waals surface area (Å²) in [6.45, 7) is -0.287. The van der Waals surface area contributed by atoms with E-state index in [1.807, 2.05) is 0 Å². The lowest BCUT2D eigenvalue weighted by molar-refractivity contribution is -0.152. The molecule has 0 spiro atoms. The molecule has 0 heterocycles. The fraction of sp³-hybridized carbons (Fsp3) is 0.444. The minimum atomic E-state index is -0.380.